The van der Waals surface area contributed by atoms with E-state index in [0.29, 0.717) is 43.4 Å². The topological polar surface area (TPSA) is 74.3 Å². The molecule has 0 spiro atoms. The maximum atomic E-state index is 12.4. The van der Waals surface area contributed by atoms with E-state index in [1.54, 1.807) is 23.1 Å². The molecule has 1 aromatic rings. The Bertz CT molecular complexity index is 674. The fourth-order valence-corrected chi connectivity index (χ4v) is 2.95. The summed E-state index contributed by atoms with van der Waals surface area (Å²) in [4.78, 5) is 26.2. The number of amides is 1. The molecule has 0 saturated carbocycles. The number of nitrogens with zero attached hydrogens (tertiary/aromatic N) is 1. The van der Waals surface area contributed by atoms with E-state index in [-0.39, 0.29) is 12.0 Å². The van der Waals surface area contributed by atoms with E-state index in [0.717, 1.165) is 12.8 Å². The lowest BCUT2D eigenvalue weighted by Crippen LogP contribution is -2.42. The number of likely N-dealkylation sites (tertiary alicyclic amines) is 1. The number of carbonyl (C=O) groups excluding carboxylic acids is 2. The Labute approximate surface area is 166 Å². The first-order valence-electron chi connectivity index (χ1n) is 9.69. The molecule has 1 amide bonds. The molecule has 1 saturated heterocycles. The van der Waals surface area contributed by atoms with Crippen molar-refractivity contribution in [2.75, 3.05) is 33.4 Å². The number of carbonyl (C=O) groups is 2. The summed E-state index contributed by atoms with van der Waals surface area (Å²) in [5, 5.41) is 0. The van der Waals surface area contributed by atoms with Gasteiger partial charge in [-0.15, -0.1) is 0 Å². The van der Waals surface area contributed by atoms with Crippen molar-refractivity contribution in [1.29, 1.82) is 0 Å². The van der Waals surface area contributed by atoms with Gasteiger partial charge in [0.2, 0.25) is 0 Å². The monoisotopic (exact) mass is 393 g/mol. The van der Waals surface area contributed by atoms with E-state index < -0.39 is 11.6 Å². The van der Waals surface area contributed by atoms with E-state index in [4.69, 9.17) is 18.9 Å². The van der Waals surface area contributed by atoms with Crippen molar-refractivity contribution in [3.63, 3.8) is 0 Å². The van der Waals surface area contributed by atoms with Crippen molar-refractivity contribution in [2.24, 2.45) is 5.92 Å². The highest BCUT2D eigenvalue weighted by molar-refractivity contribution is 5.90. The van der Waals surface area contributed by atoms with Gasteiger partial charge in [0.1, 0.15) is 5.60 Å². The van der Waals surface area contributed by atoms with Gasteiger partial charge in [0.05, 0.1) is 25.9 Å². The Morgan fingerprint density at radius 1 is 1.14 bits per heavy atom. The summed E-state index contributed by atoms with van der Waals surface area (Å²) < 4.78 is 21.6. The van der Waals surface area contributed by atoms with Crippen LogP contribution in [-0.2, 0) is 9.47 Å². The summed E-state index contributed by atoms with van der Waals surface area (Å²) in [7, 11) is 1.53. The van der Waals surface area contributed by atoms with Crippen LogP contribution in [0.4, 0.5) is 4.79 Å². The lowest BCUT2D eigenvalue weighted by molar-refractivity contribution is 0.0115. The first kappa shape index (κ1) is 21.9. The molecule has 0 atom stereocenters. The van der Waals surface area contributed by atoms with Crippen LogP contribution in [-0.4, -0.2) is 56.0 Å². The number of rotatable bonds is 6. The second-order valence-electron chi connectivity index (χ2n) is 7.81. The van der Waals surface area contributed by atoms with Gasteiger partial charge < -0.3 is 23.8 Å². The molecule has 7 nitrogen and oxygen atoms in total. The highest BCUT2D eigenvalue weighted by Crippen LogP contribution is 2.28. The Morgan fingerprint density at radius 3 is 2.39 bits per heavy atom. The van der Waals surface area contributed by atoms with Crippen LogP contribution in [0.5, 0.6) is 11.5 Å². The molecule has 0 bridgehead atoms. The SMILES string of the molecule is CCOc1ccc(C(=O)OCC2CCN(C(=O)OC(C)(C)C)CC2)cc1OC. The largest absolute Gasteiger partial charge is 0.493 e. The van der Waals surface area contributed by atoms with Gasteiger partial charge in [0.15, 0.2) is 11.5 Å². The molecule has 0 aromatic heterocycles. The van der Waals surface area contributed by atoms with Crippen LogP contribution < -0.4 is 9.47 Å². The molecule has 1 aliphatic heterocycles. The van der Waals surface area contributed by atoms with E-state index >= 15 is 0 Å². The molecule has 0 aliphatic carbocycles. The molecule has 0 N–H and O–H groups in total. The van der Waals surface area contributed by atoms with Gasteiger partial charge in [-0.2, -0.15) is 0 Å². The molecule has 7 heteroatoms. The second kappa shape index (κ2) is 9.66. The minimum atomic E-state index is -0.498. The third-order valence-electron chi connectivity index (χ3n) is 4.42. The van der Waals surface area contributed by atoms with Crippen molar-refractivity contribution in [3.8, 4) is 11.5 Å². The van der Waals surface area contributed by atoms with Gasteiger partial charge in [0.25, 0.3) is 0 Å². The highest BCUT2D eigenvalue weighted by atomic mass is 16.6. The quantitative estimate of drug-likeness (QED) is 0.683. The number of esters is 1. The van der Waals surface area contributed by atoms with Gasteiger partial charge in [-0.3, -0.25) is 0 Å². The summed E-state index contributed by atoms with van der Waals surface area (Å²) >= 11 is 0. The number of ether oxygens (including phenoxy) is 4. The molecule has 156 valence electrons. The van der Waals surface area contributed by atoms with Crippen molar-refractivity contribution in [1.82, 2.24) is 4.90 Å². The normalized spacial score (nSPS) is 15.1. The fraction of sp³-hybridized carbons (Fsp3) is 0.619. The Balaban J connectivity index is 1.82. The summed E-state index contributed by atoms with van der Waals surface area (Å²) in [6.07, 6.45) is 1.27. The zero-order valence-electron chi connectivity index (χ0n) is 17.4. The van der Waals surface area contributed by atoms with E-state index in [2.05, 4.69) is 0 Å². The Morgan fingerprint density at radius 2 is 1.82 bits per heavy atom. The standard InChI is InChI=1S/C21H31NO6/c1-6-26-17-8-7-16(13-18(17)25-5)19(23)27-14-15-9-11-22(12-10-15)20(24)28-21(2,3)4/h7-8,13,15H,6,9-12,14H2,1-5H3. The molecule has 1 aliphatic rings. The van der Waals surface area contributed by atoms with Gasteiger partial charge in [-0.25, -0.2) is 9.59 Å². The van der Waals surface area contributed by atoms with Crippen LogP contribution in [0.15, 0.2) is 18.2 Å². The number of hydrogen-bond donors (Lipinski definition) is 0. The van der Waals surface area contributed by atoms with E-state index in [9.17, 15) is 9.59 Å². The van der Waals surface area contributed by atoms with Crippen molar-refractivity contribution >= 4 is 12.1 Å². The fourth-order valence-electron chi connectivity index (χ4n) is 2.95. The molecule has 0 unspecified atom stereocenters. The second-order valence-corrected chi connectivity index (χ2v) is 7.81. The third kappa shape index (κ3) is 6.32. The third-order valence-corrected chi connectivity index (χ3v) is 4.42. The van der Waals surface area contributed by atoms with Crippen LogP contribution >= 0.6 is 0 Å². The number of hydrogen-bond acceptors (Lipinski definition) is 6. The molecule has 0 radical (unpaired) electrons. The maximum absolute atomic E-state index is 12.4. The minimum Gasteiger partial charge on any atom is -0.493 e. The summed E-state index contributed by atoms with van der Waals surface area (Å²) in [5.74, 6) is 0.932. The molecule has 2 rings (SSSR count). The zero-order chi connectivity index (χ0) is 20.7. The van der Waals surface area contributed by atoms with E-state index in [1.165, 1.54) is 7.11 Å². The Hall–Kier alpha value is -2.44. The molecular weight excluding hydrogens is 362 g/mol. The summed E-state index contributed by atoms with van der Waals surface area (Å²) in [5.41, 5.74) is -0.0751. The molecule has 1 heterocycles. The zero-order valence-corrected chi connectivity index (χ0v) is 17.4. The van der Waals surface area contributed by atoms with Gasteiger partial charge >= 0.3 is 12.1 Å². The minimum absolute atomic E-state index is 0.229. The van der Waals surface area contributed by atoms with E-state index in [1.807, 2.05) is 27.7 Å². The van der Waals surface area contributed by atoms with Crippen LogP contribution in [0, 0.1) is 5.92 Å². The van der Waals surface area contributed by atoms with Crippen LogP contribution in [0.25, 0.3) is 0 Å². The van der Waals surface area contributed by atoms with Crippen LogP contribution in [0.1, 0.15) is 50.9 Å². The smallest absolute Gasteiger partial charge is 0.410 e. The number of methoxy groups -OCH3 is 1. The van der Waals surface area contributed by atoms with Crippen LogP contribution in [0.3, 0.4) is 0 Å². The lowest BCUT2D eigenvalue weighted by atomic mass is 9.98. The van der Waals surface area contributed by atoms with Crippen molar-refractivity contribution in [2.45, 2.75) is 46.1 Å². The summed E-state index contributed by atoms with van der Waals surface area (Å²) in [6.45, 7) is 9.50. The van der Waals surface area contributed by atoms with Gasteiger partial charge in [-0.05, 0) is 64.7 Å². The van der Waals surface area contributed by atoms with Crippen molar-refractivity contribution < 1.29 is 28.5 Å². The molecule has 28 heavy (non-hydrogen) atoms. The van der Waals surface area contributed by atoms with Crippen LogP contribution in [0.2, 0.25) is 0 Å². The number of piperidine rings is 1. The predicted molar refractivity (Wildman–Crippen MR) is 105 cm³/mol. The van der Waals surface area contributed by atoms with Gasteiger partial charge in [-0.1, -0.05) is 0 Å². The van der Waals surface area contributed by atoms with Gasteiger partial charge in [0, 0.05) is 13.1 Å². The molecule has 1 aromatic carbocycles. The first-order chi connectivity index (χ1) is 13.2. The maximum Gasteiger partial charge on any atom is 0.410 e. The lowest BCUT2D eigenvalue weighted by Gasteiger charge is -2.33. The highest BCUT2D eigenvalue weighted by Gasteiger charge is 2.27. The molecular formula is C21H31NO6. The average Bonchev–Trinajstić information content (AvgIpc) is 2.65. The predicted octanol–water partition coefficient (Wildman–Crippen LogP) is 3.90. The summed E-state index contributed by atoms with van der Waals surface area (Å²) in [6, 6.07) is 5.00. The molecule has 1 fully saturated rings. The first-order valence-corrected chi connectivity index (χ1v) is 9.69. The van der Waals surface area contributed by atoms with Crippen molar-refractivity contribution in [3.05, 3.63) is 23.8 Å². The number of benzene rings is 1. The average molecular weight is 393 g/mol. The Kier molecular flexibility index (Phi) is 7.54.